The number of nitrogens with zero attached hydrogens (tertiary/aromatic N) is 3. The molecule has 2 heterocycles. The first-order valence-electron chi connectivity index (χ1n) is 6.28. The standard InChI is InChI=1S/C14H12IN3O2S/c15-21-20-14-8-13(19-17-14)7-11-1-3-12(4-2-11)9-18-6-5-16-10-18/h1-6,8,10H,7,9H2. The highest BCUT2D eigenvalue weighted by molar-refractivity contribution is 14.2. The predicted octanol–water partition coefficient (Wildman–Crippen LogP) is 3.89. The summed E-state index contributed by atoms with van der Waals surface area (Å²) in [5.41, 5.74) is 2.41. The van der Waals surface area contributed by atoms with Crippen molar-refractivity contribution < 1.29 is 8.71 Å². The van der Waals surface area contributed by atoms with E-state index < -0.39 is 0 Å². The Morgan fingerprint density at radius 3 is 2.76 bits per heavy atom. The Morgan fingerprint density at radius 2 is 2.05 bits per heavy atom. The van der Waals surface area contributed by atoms with Crippen molar-refractivity contribution in [1.82, 2.24) is 14.7 Å². The van der Waals surface area contributed by atoms with Crippen LogP contribution >= 0.6 is 30.4 Å². The molecule has 2 aromatic heterocycles. The Hall–Kier alpha value is -1.48. The SMILES string of the molecule is ISOc1cc(Cc2ccc(Cn3ccnc3)cc2)on1. The highest BCUT2D eigenvalue weighted by Crippen LogP contribution is 2.22. The Morgan fingerprint density at radius 1 is 1.24 bits per heavy atom. The zero-order chi connectivity index (χ0) is 14.5. The molecule has 0 N–H and O–H groups in total. The van der Waals surface area contributed by atoms with Crippen LogP contribution in [0.3, 0.4) is 0 Å². The van der Waals surface area contributed by atoms with E-state index in [9.17, 15) is 0 Å². The van der Waals surface area contributed by atoms with Crippen LogP contribution in [0.4, 0.5) is 0 Å². The summed E-state index contributed by atoms with van der Waals surface area (Å²) in [6.07, 6.45) is 6.25. The zero-order valence-electron chi connectivity index (χ0n) is 11.0. The van der Waals surface area contributed by atoms with Gasteiger partial charge in [0.2, 0.25) is 0 Å². The number of halogens is 1. The minimum absolute atomic E-state index is 0.501. The van der Waals surface area contributed by atoms with Gasteiger partial charge in [0.1, 0.15) is 15.0 Å². The first-order valence-corrected chi connectivity index (χ1v) is 9.56. The van der Waals surface area contributed by atoms with Crippen LogP contribution < -0.4 is 4.18 Å². The van der Waals surface area contributed by atoms with E-state index in [0.717, 1.165) is 12.3 Å². The number of hydrogen-bond donors (Lipinski definition) is 0. The fourth-order valence-corrected chi connectivity index (χ4v) is 2.70. The second-order valence-electron chi connectivity index (χ2n) is 4.51. The fourth-order valence-electron chi connectivity index (χ4n) is 2.00. The molecule has 3 aromatic rings. The first kappa shape index (κ1) is 14.5. The third-order valence-electron chi connectivity index (χ3n) is 2.98. The fraction of sp³-hybridized carbons (Fsp3) is 0.143. The van der Waals surface area contributed by atoms with Gasteiger partial charge in [0, 0.05) is 52.6 Å². The van der Waals surface area contributed by atoms with Crippen molar-refractivity contribution in [3.63, 3.8) is 0 Å². The van der Waals surface area contributed by atoms with E-state index in [1.54, 1.807) is 6.20 Å². The van der Waals surface area contributed by atoms with Crippen LogP contribution in [0.15, 0.2) is 53.6 Å². The lowest BCUT2D eigenvalue weighted by Gasteiger charge is -2.04. The van der Waals surface area contributed by atoms with Crippen LogP contribution in [0.2, 0.25) is 0 Å². The molecule has 0 saturated carbocycles. The van der Waals surface area contributed by atoms with Crippen molar-refractivity contribution in [2.45, 2.75) is 13.0 Å². The summed E-state index contributed by atoms with van der Waals surface area (Å²) in [6, 6.07) is 10.2. The summed E-state index contributed by atoms with van der Waals surface area (Å²) in [5, 5.41) is 3.84. The van der Waals surface area contributed by atoms with Crippen LogP contribution in [0.5, 0.6) is 5.88 Å². The lowest BCUT2D eigenvalue weighted by molar-refractivity contribution is 0.372. The van der Waals surface area contributed by atoms with E-state index in [1.165, 1.54) is 20.3 Å². The number of aromatic nitrogens is 3. The minimum Gasteiger partial charge on any atom is -0.392 e. The maximum atomic E-state index is 5.23. The van der Waals surface area contributed by atoms with Gasteiger partial charge in [0.25, 0.3) is 5.88 Å². The monoisotopic (exact) mass is 413 g/mol. The summed E-state index contributed by atoms with van der Waals surface area (Å²) >= 11 is 2.04. The Labute approximate surface area is 138 Å². The second kappa shape index (κ2) is 6.99. The van der Waals surface area contributed by atoms with Gasteiger partial charge in [-0.25, -0.2) is 4.98 Å². The molecule has 21 heavy (non-hydrogen) atoms. The van der Waals surface area contributed by atoms with Crippen LogP contribution in [-0.4, -0.2) is 14.7 Å². The lowest BCUT2D eigenvalue weighted by Crippen LogP contribution is -1.96. The Bertz CT molecular complexity index is 683. The quantitative estimate of drug-likeness (QED) is 0.454. The number of rotatable bonds is 6. The van der Waals surface area contributed by atoms with Gasteiger partial charge in [-0.3, -0.25) is 0 Å². The Balaban J connectivity index is 1.63. The topological polar surface area (TPSA) is 53.1 Å². The van der Waals surface area contributed by atoms with Crippen molar-refractivity contribution >= 4 is 30.4 Å². The van der Waals surface area contributed by atoms with Gasteiger partial charge in [-0.15, -0.1) is 0 Å². The molecule has 0 atom stereocenters. The maximum Gasteiger partial charge on any atom is 0.268 e. The molecule has 5 nitrogen and oxygen atoms in total. The van der Waals surface area contributed by atoms with E-state index >= 15 is 0 Å². The van der Waals surface area contributed by atoms with Crippen molar-refractivity contribution in [3.05, 3.63) is 65.9 Å². The van der Waals surface area contributed by atoms with Crippen LogP contribution in [0.25, 0.3) is 0 Å². The molecule has 1 aromatic carbocycles. The van der Waals surface area contributed by atoms with Gasteiger partial charge in [-0.2, -0.15) is 0 Å². The van der Waals surface area contributed by atoms with Crippen molar-refractivity contribution in [3.8, 4) is 5.88 Å². The summed E-state index contributed by atoms with van der Waals surface area (Å²) in [5.74, 6) is 1.29. The third kappa shape index (κ3) is 4.01. The third-order valence-corrected chi connectivity index (χ3v) is 3.75. The highest BCUT2D eigenvalue weighted by atomic mass is 127. The van der Waals surface area contributed by atoms with Crippen LogP contribution in [0, 0.1) is 0 Å². The number of hydrogen-bond acceptors (Lipinski definition) is 5. The smallest absolute Gasteiger partial charge is 0.268 e. The Kier molecular flexibility index (Phi) is 4.81. The molecule has 3 rings (SSSR count). The average Bonchev–Trinajstić information content (AvgIpc) is 3.14. The molecule has 108 valence electrons. The van der Waals surface area contributed by atoms with Gasteiger partial charge in [-0.05, 0) is 16.3 Å². The molecule has 0 spiro atoms. The van der Waals surface area contributed by atoms with Gasteiger partial charge in [0.15, 0.2) is 0 Å². The van der Waals surface area contributed by atoms with Crippen molar-refractivity contribution in [2.24, 2.45) is 0 Å². The van der Waals surface area contributed by atoms with Gasteiger partial charge >= 0.3 is 0 Å². The van der Waals surface area contributed by atoms with E-state index in [0.29, 0.717) is 12.3 Å². The van der Waals surface area contributed by atoms with E-state index in [2.05, 4.69) is 34.4 Å². The molecule has 0 radical (unpaired) electrons. The molecule has 0 bridgehead atoms. The summed E-state index contributed by atoms with van der Waals surface area (Å²) in [7, 11) is 1.22. The largest absolute Gasteiger partial charge is 0.392 e. The maximum absolute atomic E-state index is 5.23. The molecule has 0 aliphatic carbocycles. The molecule has 0 fully saturated rings. The summed E-state index contributed by atoms with van der Waals surface area (Å²) in [6.45, 7) is 0.827. The highest BCUT2D eigenvalue weighted by Gasteiger charge is 2.06. The normalized spacial score (nSPS) is 10.7. The summed E-state index contributed by atoms with van der Waals surface area (Å²) in [4.78, 5) is 4.04. The van der Waals surface area contributed by atoms with Crippen LogP contribution in [0.1, 0.15) is 16.9 Å². The first-order chi connectivity index (χ1) is 10.3. The molecular weight excluding hydrogens is 401 g/mol. The van der Waals surface area contributed by atoms with E-state index in [4.69, 9.17) is 8.71 Å². The van der Waals surface area contributed by atoms with Gasteiger partial charge in [0.05, 0.1) is 6.33 Å². The van der Waals surface area contributed by atoms with Crippen LogP contribution in [-0.2, 0) is 13.0 Å². The molecule has 0 aliphatic heterocycles. The van der Waals surface area contributed by atoms with Gasteiger partial charge < -0.3 is 13.3 Å². The van der Waals surface area contributed by atoms with E-state index in [-0.39, 0.29) is 0 Å². The molecule has 0 saturated heterocycles. The molecule has 0 unspecified atom stereocenters. The van der Waals surface area contributed by atoms with Crippen molar-refractivity contribution in [2.75, 3.05) is 0 Å². The molecule has 0 aliphatic rings. The summed E-state index contributed by atoms with van der Waals surface area (Å²) < 4.78 is 12.5. The number of benzene rings is 1. The minimum atomic E-state index is 0.501. The molecular formula is C14H12IN3O2S. The van der Waals surface area contributed by atoms with E-state index in [1.807, 2.05) is 44.4 Å². The molecule has 0 amide bonds. The average molecular weight is 413 g/mol. The lowest BCUT2D eigenvalue weighted by atomic mass is 10.1. The second-order valence-corrected chi connectivity index (χ2v) is 5.88. The zero-order valence-corrected chi connectivity index (χ0v) is 14.0. The number of imidazole rings is 1. The van der Waals surface area contributed by atoms with Gasteiger partial charge in [-0.1, -0.05) is 24.3 Å². The molecule has 7 heteroatoms. The van der Waals surface area contributed by atoms with Crippen molar-refractivity contribution in [1.29, 1.82) is 0 Å². The predicted molar refractivity (Wildman–Crippen MR) is 89.3 cm³/mol.